The van der Waals surface area contributed by atoms with Crippen molar-refractivity contribution in [3.63, 3.8) is 0 Å². The average Bonchev–Trinajstić information content (AvgIpc) is 3.04. The number of aliphatic hydroxyl groups is 1. The van der Waals surface area contributed by atoms with E-state index in [2.05, 4.69) is 4.98 Å². The minimum Gasteiger partial charge on any atom is -0.460 e. The Morgan fingerprint density at radius 3 is 2.61 bits per heavy atom. The molecule has 3 aromatic rings. The molecule has 0 radical (unpaired) electrons. The lowest BCUT2D eigenvalue weighted by molar-refractivity contribution is -0.149. The molecule has 0 fully saturated rings. The number of hydrogen-bond donors (Lipinski definition) is 1. The molecular weight excluding hydrogens is 406 g/mol. The largest absolute Gasteiger partial charge is 0.460 e. The topological polar surface area (TPSA) is 81.4 Å². The smallest absolute Gasteiger partial charge is 0.309 e. The van der Waals surface area contributed by atoms with E-state index in [0.29, 0.717) is 34.3 Å². The van der Waals surface area contributed by atoms with Crippen LogP contribution in [0.3, 0.4) is 0 Å². The highest BCUT2D eigenvalue weighted by Crippen LogP contribution is 2.40. The Morgan fingerprint density at radius 1 is 1.16 bits per heavy atom. The van der Waals surface area contributed by atoms with Crippen molar-refractivity contribution >= 4 is 16.9 Å². The summed E-state index contributed by atoms with van der Waals surface area (Å²) in [5.74, 6) is -2.51. The van der Waals surface area contributed by atoms with Gasteiger partial charge >= 0.3 is 5.97 Å². The Labute approximate surface area is 176 Å². The highest BCUT2D eigenvalue weighted by atomic mass is 19.2. The van der Waals surface area contributed by atoms with Gasteiger partial charge in [0.05, 0.1) is 35.4 Å². The van der Waals surface area contributed by atoms with Gasteiger partial charge in [-0.15, -0.1) is 0 Å². The predicted octanol–water partition coefficient (Wildman–Crippen LogP) is 3.31. The molecule has 0 aliphatic carbocycles. The van der Waals surface area contributed by atoms with Crippen LogP contribution in [-0.4, -0.2) is 20.6 Å². The van der Waals surface area contributed by atoms with E-state index in [0.717, 1.165) is 23.3 Å². The van der Waals surface area contributed by atoms with Crippen LogP contribution >= 0.6 is 0 Å². The van der Waals surface area contributed by atoms with E-state index < -0.39 is 23.2 Å². The standard InChI is InChI=1S/C23H20F2N2O4/c1-3-11-12-5-16(24)17(25)7-18(12)26-21-13(11)9-27-19(21)6-15-14(22(27)29)10-31-20(28)8-23(15,30)4-2/h5-7,30H,3-4,8-10H2,1-2H3/t23-/m1/s1. The third-order valence-corrected chi connectivity index (χ3v) is 6.46. The Bertz CT molecular complexity index is 1350. The van der Waals surface area contributed by atoms with Gasteiger partial charge in [0, 0.05) is 17.0 Å². The number of benzene rings is 1. The van der Waals surface area contributed by atoms with E-state index in [4.69, 9.17) is 4.74 Å². The average molecular weight is 426 g/mol. The van der Waals surface area contributed by atoms with Gasteiger partial charge in [-0.3, -0.25) is 9.59 Å². The van der Waals surface area contributed by atoms with E-state index in [1.165, 1.54) is 4.57 Å². The van der Waals surface area contributed by atoms with Crippen molar-refractivity contribution in [2.24, 2.45) is 0 Å². The highest BCUT2D eigenvalue weighted by Gasteiger charge is 2.39. The molecule has 0 spiro atoms. The summed E-state index contributed by atoms with van der Waals surface area (Å²) < 4.78 is 34.5. The number of cyclic esters (lactones) is 1. The van der Waals surface area contributed by atoms with Gasteiger partial charge in [-0.1, -0.05) is 13.8 Å². The molecule has 0 unspecified atom stereocenters. The minimum absolute atomic E-state index is 0.210. The van der Waals surface area contributed by atoms with Crippen molar-refractivity contribution in [3.8, 4) is 11.4 Å². The first-order valence-corrected chi connectivity index (χ1v) is 10.2. The Morgan fingerprint density at radius 2 is 1.90 bits per heavy atom. The van der Waals surface area contributed by atoms with E-state index >= 15 is 0 Å². The van der Waals surface area contributed by atoms with E-state index in [1.54, 1.807) is 13.0 Å². The van der Waals surface area contributed by atoms with Crippen molar-refractivity contribution < 1.29 is 23.4 Å². The van der Waals surface area contributed by atoms with E-state index in [-0.39, 0.29) is 37.1 Å². The van der Waals surface area contributed by atoms with Gasteiger partial charge in [-0.05, 0) is 36.1 Å². The lowest BCUT2D eigenvalue weighted by Gasteiger charge is -2.26. The lowest BCUT2D eigenvalue weighted by Crippen LogP contribution is -2.32. The van der Waals surface area contributed by atoms with Crippen LogP contribution in [-0.2, 0) is 34.7 Å². The molecule has 31 heavy (non-hydrogen) atoms. The summed E-state index contributed by atoms with van der Waals surface area (Å²) in [6.45, 7) is 3.66. The van der Waals surface area contributed by atoms with Crippen LogP contribution in [0.5, 0.6) is 0 Å². The van der Waals surface area contributed by atoms with Crippen LogP contribution in [0, 0.1) is 11.6 Å². The second kappa shape index (κ2) is 6.68. The SMILES string of the molecule is CCc1c2c(nc3cc(F)c(F)cc13)-c1cc3c(c(=O)n1C2)COC(=O)C[C@]3(O)CC. The normalized spacial score (nSPS) is 19.6. The van der Waals surface area contributed by atoms with E-state index in [1.807, 2.05) is 6.92 Å². The van der Waals surface area contributed by atoms with Gasteiger partial charge in [-0.25, -0.2) is 13.8 Å². The maximum atomic E-state index is 13.9. The third kappa shape index (κ3) is 2.74. The number of rotatable bonds is 2. The number of carbonyl (C=O) groups excluding carboxylic acids is 1. The zero-order valence-corrected chi connectivity index (χ0v) is 17.1. The number of nitrogens with zero attached hydrogens (tertiary/aromatic N) is 2. The molecule has 0 bridgehead atoms. The molecule has 4 heterocycles. The zero-order valence-electron chi connectivity index (χ0n) is 17.1. The van der Waals surface area contributed by atoms with Crippen LogP contribution in [0.15, 0.2) is 23.0 Å². The number of ether oxygens (including phenoxy) is 1. The second-order valence-electron chi connectivity index (χ2n) is 8.09. The van der Waals surface area contributed by atoms with Gasteiger partial charge in [0.25, 0.3) is 5.56 Å². The molecule has 1 aromatic carbocycles. The number of aromatic nitrogens is 2. The first-order valence-electron chi connectivity index (χ1n) is 10.2. The number of fused-ring (bicyclic) bond motifs is 5. The van der Waals surface area contributed by atoms with Crippen molar-refractivity contribution in [2.45, 2.75) is 51.9 Å². The molecule has 6 nitrogen and oxygen atoms in total. The fourth-order valence-electron chi connectivity index (χ4n) is 4.76. The Balaban J connectivity index is 1.82. The number of esters is 1. The van der Waals surface area contributed by atoms with Gasteiger partial charge < -0.3 is 14.4 Å². The highest BCUT2D eigenvalue weighted by molar-refractivity contribution is 5.88. The molecule has 1 N–H and O–H groups in total. The maximum Gasteiger partial charge on any atom is 0.309 e. The number of carbonyl (C=O) groups is 1. The van der Waals surface area contributed by atoms with Crippen LogP contribution in [0.4, 0.5) is 8.78 Å². The van der Waals surface area contributed by atoms with E-state index in [9.17, 15) is 23.5 Å². The maximum absolute atomic E-state index is 13.9. The van der Waals surface area contributed by atoms with Crippen molar-refractivity contribution in [1.29, 1.82) is 0 Å². The third-order valence-electron chi connectivity index (χ3n) is 6.46. The van der Waals surface area contributed by atoms with Gasteiger partial charge in [-0.2, -0.15) is 0 Å². The van der Waals surface area contributed by atoms with Crippen LogP contribution in [0.2, 0.25) is 0 Å². The Hall–Kier alpha value is -3.13. The number of aryl methyl sites for hydroxylation is 1. The lowest BCUT2D eigenvalue weighted by atomic mass is 9.85. The fraction of sp³-hybridized carbons (Fsp3) is 0.348. The minimum atomic E-state index is -1.53. The zero-order chi connectivity index (χ0) is 22.1. The monoisotopic (exact) mass is 426 g/mol. The fourth-order valence-corrected chi connectivity index (χ4v) is 4.76. The molecule has 0 saturated heterocycles. The van der Waals surface area contributed by atoms with Crippen LogP contribution < -0.4 is 5.56 Å². The molecule has 2 aliphatic rings. The summed E-state index contributed by atoms with van der Waals surface area (Å²) in [5, 5.41) is 11.7. The molecule has 1 atom stereocenters. The van der Waals surface area contributed by atoms with Crippen LogP contribution in [0.25, 0.3) is 22.3 Å². The van der Waals surface area contributed by atoms with Crippen molar-refractivity contribution in [2.75, 3.05) is 0 Å². The quantitative estimate of drug-likeness (QED) is 0.498. The summed E-state index contributed by atoms with van der Waals surface area (Å²) >= 11 is 0. The molecule has 160 valence electrons. The molecule has 8 heteroatoms. The first kappa shape index (κ1) is 19.8. The van der Waals surface area contributed by atoms with Gasteiger partial charge in [0.1, 0.15) is 12.2 Å². The van der Waals surface area contributed by atoms with Crippen molar-refractivity contribution in [3.05, 3.63) is 62.4 Å². The second-order valence-corrected chi connectivity index (χ2v) is 8.09. The van der Waals surface area contributed by atoms with Gasteiger partial charge in [0.2, 0.25) is 0 Å². The Kier molecular flexibility index (Phi) is 4.27. The van der Waals surface area contributed by atoms with Gasteiger partial charge in [0.15, 0.2) is 11.6 Å². The predicted molar refractivity (Wildman–Crippen MR) is 108 cm³/mol. The number of pyridine rings is 2. The summed E-state index contributed by atoms with van der Waals surface area (Å²) in [6.07, 6.45) is 0.522. The molecule has 2 aliphatic heterocycles. The van der Waals surface area contributed by atoms with Crippen LogP contribution in [0.1, 0.15) is 48.9 Å². The summed E-state index contributed by atoms with van der Waals surface area (Å²) in [5.41, 5.74) is 1.57. The molecule has 2 aromatic heterocycles. The molecule has 0 saturated carbocycles. The molecular formula is C23H20F2N2O4. The first-order chi connectivity index (χ1) is 14.8. The molecule has 0 amide bonds. The molecule has 5 rings (SSSR count). The summed E-state index contributed by atoms with van der Waals surface area (Å²) in [4.78, 5) is 29.9. The number of hydrogen-bond acceptors (Lipinski definition) is 5. The summed E-state index contributed by atoms with van der Waals surface area (Å²) in [7, 11) is 0. The number of halogens is 2. The summed E-state index contributed by atoms with van der Waals surface area (Å²) in [6, 6.07) is 3.89. The van der Waals surface area contributed by atoms with Crippen molar-refractivity contribution in [1.82, 2.24) is 9.55 Å².